The topological polar surface area (TPSA) is 72.8 Å². The van der Waals surface area contributed by atoms with E-state index >= 15 is 0 Å². The number of hydrogen-bond acceptors (Lipinski definition) is 5. The van der Waals surface area contributed by atoms with Crippen LogP contribution in [0.5, 0.6) is 0 Å². The molecule has 0 aliphatic carbocycles. The van der Waals surface area contributed by atoms with E-state index in [-0.39, 0.29) is 25.2 Å². The quantitative estimate of drug-likeness (QED) is 0.0374. The first-order valence-electron chi connectivity index (χ1n) is 27.9. The number of carbonyl (C=O) groups is 2. The molecule has 1 unspecified atom stereocenters. The first-order valence-corrected chi connectivity index (χ1v) is 27.9. The average Bonchev–Trinajstić information content (AvgIpc) is 3.35. The lowest BCUT2D eigenvalue weighted by Crippen LogP contribution is -2.28. The highest BCUT2D eigenvalue weighted by Crippen LogP contribution is 2.13. The molecule has 0 aromatic heterocycles. The second kappa shape index (κ2) is 58.1. The van der Waals surface area contributed by atoms with E-state index in [1.807, 2.05) is 0 Å². The minimum absolute atomic E-state index is 0.0846. The van der Waals surface area contributed by atoms with Crippen LogP contribution in [-0.2, 0) is 19.1 Å². The molecule has 0 aliphatic heterocycles. The van der Waals surface area contributed by atoms with Crippen molar-refractivity contribution in [3.8, 4) is 0 Å². The Morgan fingerprint density at radius 1 is 0.348 bits per heavy atom. The summed E-state index contributed by atoms with van der Waals surface area (Å²) in [5.41, 5.74) is 0. The molecule has 0 saturated carbocycles. The summed E-state index contributed by atoms with van der Waals surface area (Å²) in [5, 5.41) is 9.64. The third-order valence-corrected chi connectivity index (χ3v) is 11.4. The van der Waals surface area contributed by atoms with Crippen molar-refractivity contribution in [2.75, 3.05) is 13.2 Å². The monoisotopic (exact) mass is 951 g/mol. The van der Waals surface area contributed by atoms with Gasteiger partial charge >= 0.3 is 11.9 Å². The second-order valence-corrected chi connectivity index (χ2v) is 17.9. The van der Waals surface area contributed by atoms with Gasteiger partial charge in [-0.15, -0.1) is 0 Å². The average molecular weight is 952 g/mol. The molecule has 1 N–H and O–H groups in total. The van der Waals surface area contributed by atoms with E-state index in [2.05, 4.69) is 160 Å². The zero-order valence-electron chi connectivity index (χ0n) is 44.3. The van der Waals surface area contributed by atoms with Crippen molar-refractivity contribution >= 4 is 11.9 Å². The number of unbranched alkanes of at least 4 members (excludes halogenated alkanes) is 17. The van der Waals surface area contributed by atoms with Gasteiger partial charge in [-0.05, 0) is 122 Å². The van der Waals surface area contributed by atoms with Gasteiger partial charge in [0.2, 0.25) is 0 Å². The molecule has 0 amide bonds. The van der Waals surface area contributed by atoms with Crippen LogP contribution in [-0.4, -0.2) is 36.4 Å². The molecule has 5 heteroatoms. The molecule has 388 valence electrons. The summed E-state index contributed by atoms with van der Waals surface area (Å²) in [6.07, 6.45) is 88.0. The number of hydrogen-bond donors (Lipinski definition) is 1. The number of allylic oxidation sites excluding steroid dienone is 24. The number of carbonyl (C=O) groups excluding carboxylic acids is 2. The van der Waals surface area contributed by atoms with E-state index in [9.17, 15) is 14.7 Å². The molecule has 1 atom stereocenters. The lowest BCUT2D eigenvalue weighted by Gasteiger charge is -2.15. The molecule has 5 nitrogen and oxygen atoms in total. The van der Waals surface area contributed by atoms with E-state index in [1.54, 1.807) is 0 Å². The molecule has 0 fully saturated rings. The molecule has 0 bridgehead atoms. The van der Waals surface area contributed by atoms with Gasteiger partial charge in [-0.3, -0.25) is 9.59 Å². The number of rotatable bonds is 49. The Balaban J connectivity index is 3.65. The van der Waals surface area contributed by atoms with E-state index in [0.717, 1.165) is 128 Å². The second-order valence-electron chi connectivity index (χ2n) is 17.9. The van der Waals surface area contributed by atoms with Gasteiger partial charge in [0.25, 0.3) is 0 Å². The Bertz CT molecular complexity index is 1490. The summed E-state index contributed by atoms with van der Waals surface area (Å²) < 4.78 is 10.7. The molecule has 69 heavy (non-hydrogen) atoms. The lowest BCUT2D eigenvalue weighted by atomic mass is 10.1. The highest BCUT2D eigenvalue weighted by molar-refractivity contribution is 5.70. The van der Waals surface area contributed by atoms with Crippen LogP contribution in [0, 0.1) is 0 Å². The van der Waals surface area contributed by atoms with Crippen LogP contribution in [0.3, 0.4) is 0 Å². The van der Waals surface area contributed by atoms with Crippen LogP contribution in [0.2, 0.25) is 0 Å². The van der Waals surface area contributed by atoms with Crippen LogP contribution in [0.15, 0.2) is 146 Å². The Morgan fingerprint density at radius 2 is 0.623 bits per heavy atom. The highest BCUT2D eigenvalue weighted by atomic mass is 16.6. The number of esters is 2. The fourth-order valence-electron chi connectivity index (χ4n) is 7.20. The predicted octanol–water partition coefficient (Wildman–Crippen LogP) is 19.0. The lowest BCUT2D eigenvalue weighted by molar-refractivity contribution is -0.161. The number of aliphatic hydroxyl groups is 1. The van der Waals surface area contributed by atoms with Gasteiger partial charge in [-0.1, -0.05) is 237 Å². The molecule has 0 radical (unpaired) electrons. The Kier molecular flexibility index (Phi) is 54.5. The van der Waals surface area contributed by atoms with E-state index in [4.69, 9.17) is 9.47 Å². The fourth-order valence-corrected chi connectivity index (χ4v) is 7.20. The SMILES string of the molecule is CC/C=C\C/C=C\C/C=C\C/C=C\C/C=C\C/C=C\C/C=C\C/C=C\C/C=C\C/C=C\CCCCCCCCC(=O)OC(CO)COC(=O)CCCCCCCCC/C=C\C/C=C\CCCCCC. The third kappa shape index (κ3) is 56.3. The van der Waals surface area contributed by atoms with Gasteiger partial charge in [0.05, 0.1) is 6.61 Å². The van der Waals surface area contributed by atoms with Crippen LogP contribution in [0.1, 0.15) is 226 Å². The van der Waals surface area contributed by atoms with Crippen molar-refractivity contribution in [1.82, 2.24) is 0 Å². The van der Waals surface area contributed by atoms with E-state index < -0.39 is 6.10 Å². The van der Waals surface area contributed by atoms with E-state index in [1.165, 1.54) is 70.6 Å². The molecular formula is C64H102O5. The Morgan fingerprint density at radius 3 is 0.942 bits per heavy atom. The van der Waals surface area contributed by atoms with Gasteiger partial charge < -0.3 is 14.6 Å². The van der Waals surface area contributed by atoms with Gasteiger partial charge in [-0.2, -0.15) is 0 Å². The minimum Gasteiger partial charge on any atom is -0.462 e. The third-order valence-electron chi connectivity index (χ3n) is 11.4. The number of aliphatic hydroxyl groups excluding tert-OH is 1. The standard InChI is InChI=1S/C64H102O5/c1-3-5-7-9-11-13-15-17-19-21-23-24-25-26-27-28-29-30-31-32-33-34-35-36-37-38-39-40-41-43-45-47-49-51-53-55-57-59-64(67)69-62(60-65)61-68-63(66)58-56-54-52-50-48-46-44-42-22-20-18-16-14-12-10-8-6-4-2/h5,7,11,13-14,16-17,19-20,22-24,26-27,29-30,32-33,35-36,38-39,41,43,62,65H,3-4,6,8-10,12,15,18,21,25,28,31,34,37,40,42,44-61H2,1-2H3/b7-5-,13-11-,16-14-,19-17-,22-20-,24-23-,27-26-,30-29-,33-32-,36-35-,39-38-,43-41-. The number of ether oxygens (including phenoxy) is 2. The van der Waals surface area contributed by atoms with Crippen molar-refractivity contribution in [3.63, 3.8) is 0 Å². The molecule has 0 rings (SSSR count). The largest absolute Gasteiger partial charge is 0.462 e. The van der Waals surface area contributed by atoms with Crippen LogP contribution < -0.4 is 0 Å². The first kappa shape index (κ1) is 64.8. The van der Waals surface area contributed by atoms with Gasteiger partial charge in [-0.25, -0.2) is 0 Å². The van der Waals surface area contributed by atoms with Crippen molar-refractivity contribution in [1.29, 1.82) is 0 Å². The summed E-state index contributed by atoms with van der Waals surface area (Å²) >= 11 is 0. The molecule has 0 aliphatic rings. The normalized spacial score (nSPS) is 13.4. The summed E-state index contributed by atoms with van der Waals surface area (Å²) in [6, 6.07) is 0. The summed E-state index contributed by atoms with van der Waals surface area (Å²) in [7, 11) is 0. The van der Waals surface area contributed by atoms with Crippen molar-refractivity contribution in [3.05, 3.63) is 146 Å². The maximum absolute atomic E-state index is 12.3. The summed E-state index contributed by atoms with van der Waals surface area (Å²) in [4.78, 5) is 24.5. The maximum atomic E-state index is 12.3. The molecule has 0 aromatic carbocycles. The zero-order chi connectivity index (χ0) is 49.9. The Labute approximate surface area is 425 Å². The van der Waals surface area contributed by atoms with E-state index in [0.29, 0.717) is 12.8 Å². The van der Waals surface area contributed by atoms with Crippen LogP contribution in [0.4, 0.5) is 0 Å². The fraction of sp³-hybridized carbons (Fsp3) is 0.594. The van der Waals surface area contributed by atoms with Crippen molar-refractivity contribution < 1.29 is 24.2 Å². The van der Waals surface area contributed by atoms with Crippen LogP contribution in [0.25, 0.3) is 0 Å². The minimum atomic E-state index is -0.794. The van der Waals surface area contributed by atoms with Gasteiger partial charge in [0.1, 0.15) is 6.61 Å². The van der Waals surface area contributed by atoms with Crippen molar-refractivity contribution in [2.24, 2.45) is 0 Å². The molecular weight excluding hydrogens is 849 g/mol. The molecule has 0 aromatic rings. The van der Waals surface area contributed by atoms with Crippen LogP contribution >= 0.6 is 0 Å². The predicted molar refractivity (Wildman–Crippen MR) is 301 cm³/mol. The van der Waals surface area contributed by atoms with Gasteiger partial charge in [0.15, 0.2) is 6.10 Å². The summed E-state index contributed by atoms with van der Waals surface area (Å²) in [6.45, 7) is 3.98. The first-order chi connectivity index (χ1) is 34.1. The highest BCUT2D eigenvalue weighted by Gasteiger charge is 2.16. The molecule has 0 spiro atoms. The molecule has 0 saturated heterocycles. The maximum Gasteiger partial charge on any atom is 0.306 e. The molecule has 0 heterocycles. The smallest absolute Gasteiger partial charge is 0.306 e. The van der Waals surface area contributed by atoms with Crippen molar-refractivity contribution in [2.45, 2.75) is 232 Å². The summed E-state index contributed by atoms with van der Waals surface area (Å²) in [5.74, 6) is -0.625. The Hall–Kier alpha value is -4.22. The van der Waals surface area contributed by atoms with Gasteiger partial charge in [0, 0.05) is 12.8 Å². The zero-order valence-corrected chi connectivity index (χ0v) is 44.3.